The minimum absolute atomic E-state index is 0.00241. The van der Waals surface area contributed by atoms with Gasteiger partial charge in [-0.15, -0.1) is 6.58 Å². The molecule has 0 radical (unpaired) electrons. The van der Waals surface area contributed by atoms with E-state index in [1.807, 2.05) is 0 Å². The summed E-state index contributed by atoms with van der Waals surface area (Å²) in [6.07, 6.45) is 4.84. The van der Waals surface area contributed by atoms with Gasteiger partial charge in [0.1, 0.15) is 0 Å². The Morgan fingerprint density at radius 2 is 2.25 bits per heavy atom. The summed E-state index contributed by atoms with van der Waals surface area (Å²) in [5.74, 6) is -1.06. The summed E-state index contributed by atoms with van der Waals surface area (Å²) in [6, 6.07) is 0. The topological polar surface area (TPSA) is 63.1 Å². The van der Waals surface area contributed by atoms with Crippen LogP contribution >= 0.6 is 0 Å². The summed E-state index contributed by atoms with van der Waals surface area (Å²) >= 11 is 0. The average molecular weight is 164 g/mol. The molecule has 1 N–H and O–H groups in total. The number of carboxylic acid groups (broad SMARTS) is 1. The van der Waals surface area contributed by atoms with Crippen molar-refractivity contribution in [3.8, 4) is 0 Å². The molecule has 0 aliphatic rings. The third kappa shape index (κ3) is 1.66. The van der Waals surface area contributed by atoms with Crippen molar-refractivity contribution >= 4 is 5.97 Å². The summed E-state index contributed by atoms with van der Waals surface area (Å²) in [6.45, 7) is 3.50. The van der Waals surface area contributed by atoms with E-state index >= 15 is 0 Å². The molecular formula is C8H8N2O2. The van der Waals surface area contributed by atoms with Crippen LogP contribution in [0.5, 0.6) is 0 Å². The molecule has 0 aliphatic heterocycles. The molecule has 0 aliphatic carbocycles. The maximum Gasteiger partial charge on any atom is 0.356 e. The second-order valence-corrected chi connectivity index (χ2v) is 2.15. The summed E-state index contributed by atoms with van der Waals surface area (Å²) in [4.78, 5) is 18.1. The van der Waals surface area contributed by atoms with Crippen LogP contribution < -0.4 is 0 Å². The van der Waals surface area contributed by atoms with Crippen molar-refractivity contribution in [1.82, 2.24) is 9.97 Å². The standard InChI is InChI=1S/C8H8N2O2/c1-2-3-6-7(8(11)12)10-5-4-9-6/h2,4-5H,1,3H2,(H,11,12). The highest BCUT2D eigenvalue weighted by atomic mass is 16.4. The lowest BCUT2D eigenvalue weighted by atomic mass is 10.2. The van der Waals surface area contributed by atoms with E-state index in [0.717, 1.165) is 0 Å². The Bertz CT molecular complexity index is 310. The molecule has 1 aromatic heterocycles. The fraction of sp³-hybridized carbons (Fsp3) is 0.125. The molecule has 0 bridgehead atoms. The highest BCUT2D eigenvalue weighted by Crippen LogP contribution is 2.02. The van der Waals surface area contributed by atoms with Crippen molar-refractivity contribution in [2.75, 3.05) is 0 Å². The van der Waals surface area contributed by atoms with E-state index in [1.165, 1.54) is 12.4 Å². The van der Waals surface area contributed by atoms with Gasteiger partial charge in [-0.25, -0.2) is 9.78 Å². The third-order valence-corrected chi connectivity index (χ3v) is 1.31. The molecule has 0 amide bonds. The second kappa shape index (κ2) is 3.61. The van der Waals surface area contributed by atoms with Crippen molar-refractivity contribution in [2.45, 2.75) is 6.42 Å². The number of hydrogen-bond donors (Lipinski definition) is 1. The van der Waals surface area contributed by atoms with Crippen LogP contribution in [0.4, 0.5) is 0 Å². The predicted molar refractivity (Wildman–Crippen MR) is 42.9 cm³/mol. The van der Waals surface area contributed by atoms with E-state index in [2.05, 4.69) is 16.5 Å². The van der Waals surface area contributed by atoms with Crippen LogP contribution in [0, 0.1) is 0 Å². The first-order valence-electron chi connectivity index (χ1n) is 3.39. The first kappa shape index (κ1) is 8.39. The fourth-order valence-corrected chi connectivity index (χ4v) is 0.832. The second-order valence-electron chi connectivity index (χ2n) is 2.15. The first-order valence-corrected chi connectivity index (χ1v) is 3.39. The largest absolute Gasteiger partial charge is 0.476 e. The third-order valence-electron chi connectivity index (χ3n) is 1.31. The fourth-order valence-electron chi connectivity index (χ4n) is 0.832. The zero-order chi connectivity index (χ0) is 8.97. The normalized spacial score (nSPS) is 9.33. The molecule has 1 heterocycles. The number of hydrogen-bond acceptors (Lipinski definition) is 3. The lowest BCUT2D eigenvalue weighted by molar-refractivity contribution is 0.0688. The lowest BCUT2D eigenvalue weighted by Crippen LogP contribution is -2.06. The van der Waals surface area contributed by atoms with Gasteiger partial charge in [0.15, 0.2) is 5.69 Å². The number of aromatic nitrogens is 2. The van der Waals surface area contributed by atoms with Gasteiger partial charge >= 0.3 is 5.97 Å². The molecule has 0 aromatic carbocycles. The minimum Gasteiger partial charge on any atom is -0.476 e. The van der Waals surface area contributed by atoms with Crippen molar-refractivity contribution < 1.29 is 9.90 Å². The van der Waals surface area contributed by atoms with E-state index < -0.39 is 5.97 Å². The van der Waals surface area contributed by atoms with Crippen LogP contribution in [0.3, 0.4) is 0 Å². The molecule has 4 nitrogen and oxygen atoms in total. The monoisotopic (exact) mass is 164 g/mol. The van der Waals surface area contributed by atoms with E-state index in [4.69, 9.17) is 5.11 Å². The molecule has 0 fully saturated rings. The first-order chi connectivity index (χ1) is 5.75. The SMILES string of the molecule is C=CCc1nccnc1C(=O)O. The van der Waals surface area contributed by atoms with Crippen LogP contribution in [0.2, 0.25) is 0 Å². The number of carbonyl (C=O) groups is 1. The van der Waals surface area contributed by atoms with Crippen LogP contribution in [-0.4, -0.2) is 21.0 Å². The molecule has 0 unspecified atom stereocenters. The molecule has 0 saturated carbocycles. The van der Waals surface area contributed by atoms with Crippen LogP contribution in [0.25, 0.3) is 0 Å². The number of aromatic carboxylic acids is 1. The maximum atomic E-state index is 10.6. The van der Waals surface area contributed by atoms with Crippen LogP contribution in [0.1, 0.15) is 16.2 Å². The van der Waals surface area contributed by atoms with Crippen LogP contribution in [0.15, 0.2) is 25.0 Å². The average Bonchev–Trinajstić information content (AvgIpc) is 2.05. The number of rotatable bonds is 3. The van der Waals surface area contributed by atoms with Crippen molar-refractivity contribution in [2.24, 2.45) is 0 Å². The molecular weight excluding hydrogens is 156 g/mol. The molecule has 12 heavy (non-hydrogen) atoms. The maximum absolute atomic E-state index is 10.6. The quantitative estimate of drug-likeness (QED) is 0.674. The predicted octanol–water partition coefficient (Wildman–Crippen LogP) is 0.903. The van der Waals surface area contributed by atoms with Gasteiger partial charge in [-0.3, -0.25) is 4.98 Å². The Kier molecular flexibility index (Phi) is 2.53. The van der Waals surface area contributed by atoms with Gasteiger partial charge in [0, 0.05) is 18.8 Å². The molecule has 0 saturated heterocycles. The van der Waals surface area contributed by atoms with Gasteiger partial charge in [0.25, 0.3) is 0 Å². The summed E-state index contributed by atoms with van der Waals surface area (Å²) in [5, 5.41) is 8.66. The number of nitrogens with zero attached hydrogens (tertiary/aromatic N) is 2. The number of allylic oxidation sites excluding steroid dienone is 1. The molecule has 0 atom stereocenters. The van der Waals surface area contributed by atoms with Gasteiger partial charge in [-0.2, -0.15) is 0 Å². The lowest BCUT2D eigenvalue weighted by Gasteiger charge is -1.98. The molecule has 0 spiro atoms. The Labute approximate surface area is 69.6 Å². The zero-order valence-corrected chi connectivity index (χ0v) is 6.40. The van der Waals surface area contributed by atoms with Gasteiger partial charge in [-0.1, -0.05) is 6.08 Å². The van der Waals surface area contributed by atoms with Gasteiger partial charge in [0.05, 0.1) is 5.69 Å². The molecule has 1 aromatic rings. The van der Waals surface area contributed by atoms with Crippen molar-refractivity contribution in [3.05, 3.63) is 36.4 Å². The Hall–Kier alpha value is -1.71. The van der Waals surface area contributed by atoms with E-state index in [9.17, 15) is 4.79 Å². The van der Waals surface area contributed by atoms with Crippen molar-refractivity contribution in [3.63, 3.8) is 0 Å². The van der Waals surface area contributed by atoms with E-state index in [-0.39, 0.29) is 5.69 Å². The highest BCUT2D eigenvalue weighted by Gasteiger charge is 2.10. The van der Waals surface area contributed by atoms with Gasteiger partial charge in [-0.05, 0) is 0 Å². The minimum atomic E-state index is -1.06. The Morgan fingerprint density at radius 1 is 1.58 bits per heavy atom. The highest BCUT2D eigenvalue weighted by molar-refractivity contribution is 5.86. The zero-order valence-electron chi connectivity index (χ0n) is 6.40. The summed E-state index contributed by atoms with van der Waals surface area (Å²) in [7, 11) is 0. The van der Waals surface area contributed by atoms with Crippen LogP contribution in [-0.2, 0) is 6.42 Å². The van der Waals surface area contributed by atoms with Gasteiger partial charge < -0.3 is 5.11 Å². The van der Waals surface area contributed by atoms with Gasteiger partial charge in [0.2, 0.25) is 0 Å². The van der Waals surface area contributed by atoms with E-state index in [1.54, 1.807) is 6.08 Å². The Morgan fingerprint density at radius 3 is 2.83 bits per heavy atom. The number of carboxylic acids is 1. The van der Waals surface area contributed by atoms with E-state index in [0.29, 0.717) is 12.1 Å². The molecule has 62 valence electrons. The smallest absolute Gasteiger partial charge is 0.356 e. The molecule has 1 rings (SSSR count). The Balaban J connectivity index is 3.07. The summed E-state index contributed by atoms with van der Waals surface area (Å²) in [5.41, 5.74) is 0.442. The summed E-state index contributed by atoms with van der Waals surface area (Å²) < 4.78 is 0. The molecule has 4 heteroatoms. The van der Waals surface area contributed by atoms with Crippen molar-refractivity contribution in [1.29, 1.82) is 0 Å².